The fourth-order valence-corrected chi connectivity index (χ4v) is 4.41. The van der Waals surface area contributed by atoms with E-state index in [1.165, 1.54) is 24.3 Å². The predicted octanol–water partition coefficient (Wildman–Crippen LogP) is 7.04. The SMILES string of the molecule is CCC(F)(F)c1cncc(C)n1.CC[C@H]1CN(C(=O)OCc2ccccc2)C[C@H](OC(C)(C)C)C1=C1[CH]C1. The van der Waals surface area contributed by atoms with Crippen LogP contribution in [0.2, 0.25) is 0 Å². The van der Waals surface area contributed by atoms with E-state index in [1.54, 1.807) is 6.92 Å². The number of hydrogen-bond acceptors (Lipinski definition) is 5. The van der Waals surface area contributed by atoms with Crippen LogP contribution in [0.1, 0.15) is 70.8 Å². The Kier molecular flexibility index (Phi) is 9.99. The number of hydrogen-bond donors (Lipinski definition) is 0. The minimum atomic E-state index is -2.85. The molecule has 1 saturated heterocycles. The third-order valence-electron chi connectivity index (χ3n) is 6.42. The summed E-state index contributed by atoms with van der Waals surface area (Å²) in [5.74, 6) is -2.51. The smallest absolute Gasteiger partial charge is 0.410 e. The van der Waals surface area contributed by atoms with Gasteiger partial charge in [0.05, 0.1) is 30.1 Å². The summed E-state index contributed by atoms with van der Waals surface area (Å²) in [5, 5.41) is 0. The van der Waals surface area contributed by atoms with E-state index in [4.69, 9.17) is 9.47 Å². The zero-order valence-corrected chi connectivity index (χ0v) is 23.3. The van der Waals surface area contributed by atoms with Gasteiger partial charge in [-0.2, -0.15) is 8.78 Å². The summed E-state index contributed by atoms with van der Waals surface area (Å²) in [5.41, 5.74) is 3.84. The highest BCUT2D eigenvalue weighted by atomic mass is 19.3. The van der Waals surface area contributed by atoms with E-state index in [1.807, 2.05) is 35.2 Å². The molecule has 1 aromatic carbocycles. The molecule has 6 nitrogen and oxygen atoms in total. The number of aromatic nitrogens is 2. The Morgan fingerprint density at radius 1 is 1.11 bits per heavy atom. The van der Waals surface area contributed by atoms with Gasteiger partial charge in [0.1, 0.15) is 12.3 Å². The quantitative estimate of drug-likeness (QED) is 0.402. The van der Waals surface area contributed by atoms with Crippen LogP contribution in [0.15, 0.2) is 53.9 Å². The lowest BCUT2D eigenvalue weighted by Crippen LogP contribution is -2.50. The van der Waals surface area contributed by atoms with E-state index in [0.717, 1.165) is 24.6 Å². The maximum Gasteiger partial charge on any atom is 0.410 e. The summed E-state index contributed by atoms with van der Waals surface area (Å²) < 4.78 is 37.8. The van der Waals surface area contributed by atoms with Gasteiger partial charge in [-0.3, -0.25) is 4.98 Å². The number of allylic oxidation sites excluding steroid dienone is 1. The van der Waals surface area contributed by atoms with Crippen LogP contribution in [0.3, 0.4) is 0 Å². The topological polar surface area (TPSA) is 64.6 Å². The second-order valence-corrected chi connectivity index (χ2v) is 10.8. The van der Waals surface area contributed by atoms with Crippen molar-refractivity contribution in [3.8, 4) is 0 Å². The first-order valence-corrected chi connectivity index (χ1v) is 13.3. The van der Waals surface area contributed by atoms with Crippen molar-refractivity contribution >= 4 is 6.09 Å². The first kappa shape index (κ1) is 29.7. The van der Waals surface area contributed by atoms with E-state index in [-0.39, 0.29) is 29.9 Å². The monoisotopic (exact) mass is 528 g/mol. The Morgan fingerprint density at radius 2 is 1.79 bits per heavy atom. The van der Waals surface area contributed by atoms with Crippen molar-refractivity contribution in [2.24, 2.45) is 5.92 Å². The van der Waals surface area contributed by atoms with Crippen LogP contribution in [0.5, 0.6) is 0 Å². The standard InChI is InChI=1S/C22H30NO3.C8H10F2N2/c1-5-17-13-23(21(24)25-15-16-9-7-6-8-10-16)14-19(26-22(2,3)4)20(17)18-11-12-18;1-3-8(9,10)7-5-11-4-6(2)12-7/h6-11,17,19H,5,12-15H2,1-4H3;4-5H,3H2,1-2H3/t17-,19-;/m0./s1. The molecule has 1 amide bonds. The van der Waals surface area contributed by atoms with Gasteiger partial charge in [0.25, 0.3) is 5.92 Å². The zero-order valence-electron chi connectivity index (χ0n) is 23.3. The number of alkyl halides is 2. The molecule has 1 radical (unpaired) electrons. The highest BCUT2D eigenvalue weighted by Crippen LogP contribution is 2.41. The van der Waals surface area contributed by atoms with Crippen LogP contribution >= 0.6 is 0 Å². The van der Waals surface area contributed by atoms with E-state index in [2.05, 4.69) is 44.1 Å². The molecule has 0 spiro atoms. The van der Waals surface area contributed by atoms with Crippen molar-refractivity contribution in [1.29, 1.82) is 0 Å². The highest BCUT2D eigenvalue weighted by Gasteiger charge is 2.40. The molecule has 2 aromatic rings. The molecule has 0 bridgehead atoms. The lowest BCUT2D eigenvalue weighted by atomic mass is 9.86. The van der Waals surface area contributed by atoms with Crippen LogP contribution in [0.4, 0.5) is 13.6 Å². The molecule has 2 aliphatic rings. The number of likely N-dealkylation sites (tertiary alicyclic amines) is 1. The predicted molar refractivity (Wildman–Crippen MR) is 144 cm³/mol. The molecule has 2 fully saturated rings. The van der Waals surface area contributed by atoms with Crippen molar-refractivity contribution in [3.05, 3.63) is 77.2 Å². The molecule has 1 aliphatic heterocycles. The van der Waals surface area contributed by atoms with Gasteiger partial charge in [0.2, 0.25) is 0 Å². The van der Waals surface area contributed by atoms with Gasteiger partial charge in [0.15, 0.2) is 0 Å². The van der Waals surface area contributed by atoms with E-state index in [9.17, 15) is 13.6 Å². The number of nitrogens with zero attached hydrogens (tertiary/aromatic N) is 3. The molecule has 2 atom stereocenters. The molecule has 4 rings (SSSR count). The molecule has 38 heavy (non-hydrogen) atoms. The summed E-state index contributed by atoms with van der Waals surface area (Å²) in [4.78, 5) is 21.8. The highest BCUT2D eigenvalue weighted by molar-refractivity contribution is 5.68. The van der Waals surface area contributed by atoms with E-state index >= 15 is 0 Å². The Morgan fingerprint density at radius 3 is 2.34 bits per heavy atom. The summed E-state index contributed by atoms with van der Waals surface area (Å²) in [6, 6.07) is 9.80. The molecule has 1 aromatic heterocycles. The summed E-state index contributed by atoms with van der Waals surface area (Å²) in [6.45, 7) is 13.0. The number of aryl methyl sites for hydroxylation is 1. The minimum absolute atomic E-state index is 0.0493. The van der Waals surface area contributed by atoms with Crippen molar-refractivity contribution in [2.75, 3.05) is 13.1 Å². The molecule has 1 saturated carbocycles. The Balaban J connectivity index is 0.000000279. The van der Waals surface area contributed by atoms with Gasteiger partial charge in [-0.05, 0) is 58.1 Å². The number of piperidine rings is 1. The molecular weight excluding hydrogens is 488 g/mol. The first-order chi connectivity index (χ1) is 17.9. The molecule has 0 unspecified atom stereocenters. The van der Waals surface area contributed by atoms with Crippen LogP contribution in [0.25, 0.3) is 0 Å². The van der Waals surface area contributed by atoms with Crippen LogP contribution in [0, 0.1) is 19.3 Å². The van der Waals surface area contributed by atoms with Crippen molar-refractivity contribution in [2.45, 2.75) is 85.0 Å². The lowest BCUT2D eigenvalue weighted by molar-refractivity contribution is -0.0690. The van der Waals surface area contributed by atoms with Gasteiger partial charge >= 0.3 is 6.09 Å². The molecule has 2 heterocycles. The number of carbonyl (C=O) groups is 1. The fraction of sp³-hybridized carbons (Fsp3) is 0.533. The maximum absolute atomic E-state index is 13.0. The van der Waals surface area contributed by atoms with Crippen LogP contribution < -0.4 is 0 Å². The number of amides is 1. The van der Waals surface area contributed by atoms with Gasteiger partial charge in [0, 0.05) is 25.1 Å². The zero-order chi connectivity index (χ0) is 27.9. The summed E-state index contributed by atoms with van der Waals surface area (Å²) in [7, 11) is 0. The maximum atomic E-state index is 13.0. The number of ether oxygens (including phenoxy) is 2. The van der Waals surface area contributed by atoms with E-state index < -0.39 is 5.92 Å². The molecule has 8 heteroatoms. The third kappa shape index (κ3) is 8.58. The fourth-order valence-electron chi connectivity index (χ4n) is 4.41. The van der Waals surface area contributed by atoms with Gasteiger partial charge in [-0.1, -0.05) is 49.8 Å². The third-order valence-corrected chi connectivity index (χ3v) is 6.42. The number of benzene rings is 1. The molecule has 207 valence electrons. The summed E-state index contributed by atoms with van der Waals surface area (Å²) >= 11 is 0. The first-order valence-electron chi connectivity index (χ1n) is 13.3. The second kappa shape index (κ2) is 12.8. The number of halogens is 2. The average Bonchev–Trinajstić information content (AvgIpc) is 3.72. The second-order valence-electron chi connectivity index (χ2n) is 10.8. The Bertz CT molecular complexity index is 1090. The van der Waals surface area contributed by atoms with Crippen molar-refractivity contribution < 1.29 is 23.0 Å². The van der Waals surface area contributed by atoms with Crippen LogP contribution in [-0.2, 0) is 22.0 Å². The van der Waals surface area contributed by atoms with Gasteiger partial charge < -0.3 is 14.4 Å². The Labute approximate surface area is 225 Å². The number of rotatable bonds is 6. The molecule has 1 aliphatic carbocycles. The minimum Gasteiger partial charge on any atom is -0.445 e. The molecular formula is C30H40F2N3O3. The molecule has 0 N–H and O–H groups in total. The van der Waals surface area contributed by atoms with Gasteiger partial charge in [-0.15, -0.1) is 0 Å². The lowest BCUT2D eigenvalue weighted by Gasteiger charge is -2.41. The van der Waals surface area contributed by atoms with E-state index in [0.29, 0.717) is 31.3 Å². The van der Waals surface area contributed by atoms with Crippen molar-refractivity contribution in [3.63, 3.8) is 0 Å². The van der Waals surface area contributed by atoms with Crippen LogP contribution in [-0.4, -0.2) is 45.8 Å². The summed E-state index contributed by atoms with van der Waals surface area (Å²) in [6.07, 6.45) is 6.34. The normalized spacial score (nSPS) is 21.4. The average molecular weight is 529 g/mol. The Hall–Kier alpha value is -2.87. The number of carbonyl (C=O) groups excluding carboxylic acids is 1. The van der Waals surface area contributed by atoms with Gasteiger partial charge in [-0.25, -0.2) is 9.78 Å². The van der Waals surface area contributed by atoms with Crippen molar-refractivity contribution in [1.82, 2.24) is 14.9 Å². The largest absolute Gasteiger partial charge is 0.445 e.